The highest BCUT2D eigenvalue weighted by molar-refractivity contribution is 7.12. The highest BCUT2D eigenvalue weighted by Gasteiger charge is 2.25. The molecule has 1 unspecified atom stereocenters. The maximum Gasteiger partial charge on any atom is 0.191 e. The fraction of sp³-hybridized carbons (Fsp3) is 0.500. The molecule has 8 heteroatoms. The van der Waals surface area contributed by atoms with E-state index in [0.717, 1.165) is 58.2 Å². The van der Waals surface area contributed by atoms with E-state index in [0.29, 0.717) is 12.5 Å². The van der Waals surface area contributed by atoms with Crippen LogP contribution in [0.3, 0.4) is 0 Å². The van der Waals surface area contributed by atoms with Crippen molar-refractivity contribution in [1.82, 2.24) is 9.80 Å². The minimum atomic E-state index is -0.204. The van der Waals surface area contributed by atoms with Gasteiger partial charge < -0.3 is 20.3 Å². The van der Waals surface area contributed by atoms with Crippen LogP contribution in [0.4, 0.5) is 10.1 Å². The SMILES string of the molecule is Cc1ccc(C(CN=C(N)N2CCN(c3ccc(F)cc3)CC2)N2CCOCC2)s1. The summed E-state index contributed by atoms with van der Waals surface area (Å²) in [4.78, 5) is 14.3. The molecular weight excluding hydrogens is 401 g/mol. The Morgan fingerprint density at radius 1 is 1.07 bits per heavy atom. The van der Waals surface area contributed by atoms with Crippen LogP contribution in [0.15, 0.2) is 41.4 Å². The number of ether oxygens (including phenoxy) is 1. The molecule has 4 rings (SSSR count). The summed E-state index contributed by atoms with van der Waals surface area (Å²) in [7, 11) is 0. The van der Waals surface area contributed by atoms with Crippen LogP contribution in [0.5, 0.6) is 0 Å². The third-order valence-corrected chi connectivity index (χ3v) is 6.90. The van der Waals surface area contributed by atoms with E-state index < -0.39 is 0 Å². The van der Waals surface area contributed by atoms with E-state index >= 15 is 0 Å². The number of halogens is 1. The van der Waals surface area contributed by atoms with Gasteiger partial charge in [-0.1, -0.05) is 0 Å². The lowest BCUT2D eigenvalue weighted by Gasteiger charge is -2.37. The first-order chi connectivity index (χ1) is 14.6. The highest BCUT2D eigenvalue weighted by Crippen LogP contribution is 2.28. The predicted octanol–water partition coefficient (Wildman–Crippen LogP) is 2.71. The van der Waals surface area contributed by atoms with Gasteiger partial charge >= 0.3 is 0 Å². The van der Waals surface area contributed by atoms with Gasteiger partial charge in [-0.15, -0.1) is 11.3 Å². The monoisotopic (exact) mass is 431 g/mol. The maximum atomic E-state index is 13.2. The summed E-state index contributed by atoms with van der Waals surface area (Å²) in [6.45, 7) is 9.50. The molecule has 162 valence electrons. The average molecular weight is 432 g/mol. The Labute approximate surface area is 181 Å². The zero-order valence-electron chi connectivity index (χ0n) is 17.5. The van der Waals surface area contributed by atoms with E-state index in [9.17, 15) is 4.39 Å². The first-order valence-electron chi connectivity index (χ1n) is 10.5. The Hall–Kier alpha value is -2.16. The molecule has 2 N–H and O–H groups in total. The van der Waals surface area contributed by atoms with Gasteiger partial charge in [0.2, 0.25) is 0 Å². The summed E-state index contributed by atoms with van der Waals surface area (Å²) in [5, 5.41) is 0. The number of nitrogens with two attached hydrogens (primary N) is 1. The molecule has 1 aromatic carbocycles. The molecule has 2 aromatic rings. The number of morpholine rings is 1. The minimum Gasteiger partial charge on any atom is -0.379 e. The fourth-order valence-electron chi connectivity index (χ4n) is 4.03. The second kappa shape index (κ2) is 9.76. The number of aryl methyl sites for hydroxylation is 1. The molecule has 0 radical (unpaired) electrons. The smallest absolute Gasteiger partial charge is 0.191 e. The van der Waals surface area contributed by atoms with E-state index in [1.807, 2.05) is 23.5 Å². The molecule has 0 bridgehead atoms. The van der Waals surface area contributed by atoms with Crippen molar-refractivity contribution < 1.29 is 9.13 Å². The second-order valence-corrected chi connectivity index (χ2v) is 9.08. The van der Waals surface area contributed by atoms with Gasteiger partial charge in [0.05, 0.1) is 25.8 Å². The molecule has 2 fully saturated rings. The number of hydrogen-bond donors (Lipinski definition) is 1. The summed E-state index contributed by atoms with van der Waals surface area (Å²) < 4.78 is 18.7. The van der Waals surface area contributed by atoms with Gasteiger partial charge in [0.15, 0.2) is 5.96 Å². The Bertz CT molecular complexity index is 841. The molecule has 2 aliphatic heterocycles. The molecular formula is C22H30FN5OS. The van der Waals surface area contributed by atoms with Crippen LogP contribution < -0.4 is 10.6 Å². The summed E-state index contributed by atoms with van der Waals surface area (Å²) >= 11 is 1.84. The fourth-order valence-corrected chi connectivity index (χ4v) is 5.04. The van der Waals surface area contributed by atoms with Crippen molar-refractivity contribution in [2.45, 2.75) is 13.0 Å². The second-order valence-electron chi connectivity index (χ2n) is 7.76. The molecule has 30 heavy (non-hydrogen) atoms. The normalized spacial score (nSPS) is 19.9. The molecule has 0 aliphatic carbocycles. The van der Waals surface area contributed by atoms with Crippen molar-refractivity contribution in [3.63, 3.8) is 0 Å². The van der Waals surface area contributed by atoms with Gasteiger partial charge in [0.25, 0.3) is 0 Å². The number of anilines is 1. The Morgan fingerprint density at radius 2 is 1.77 bits per heavy atom. The van der Waals surface area contributed by atoms with Gasteiger partial charge in [0, 0.05) is 54.7 Å². The predicted molar refractivity (Wildman–Crippen MR) is 121 cm³/mol. The molecule has 1 atom stereocenters. The molecule has 1 aromatic heterocycles. The summed E-state index contributed by atoms with van der Waals surface area (Å²) in [6.07, 6.45) is 0. The van der Waals surface area contributed by atoms with E-state index in [-0.39, 0.29) is 11.9 Å². The molecule has 0 saturated carbocycles. The number of piperazine rings is 1. The quantitative estimate of drug-likeness (QED) is 0.583. The first-order valence-corrected chi connectivity index (χ1v) is 11.4. The molecule has 2 aliphatic rings. The van der Waals surface area contributed by atoms with E-state index in [2.05, 4.69) is 33.8 Å². The van der Waals surface area contributed by atoms with E-state index in [1.54, 1.807) is 0 Å². The zero-order chi connectivity index (χ0) is 20.9. The molecule has 2 saturated heterocycles. The van der Waals surface area contributed by atoms with Crippen molar-refractivity contribution >= 4 is 23.0 Å². The number of nitrogens with zero attached hydrogens (tertiary/aromatic N) is 4. The summed E-state index contributed by atoms with van der Waals surface area (Å²) in [5.74, 6) is 0.407. The number of aliphatic imine (C=N–C) groups is 1. The molecule has 0 amide bonds. The Morgan fingerprint density at radius 3 is 2.40 bits per heavy atom. The Balaban J connectivity index is 1.37. The van der Waals surface area contributed by atoms with Crippen molar-refractivity contribution in [3.05, 3.63) is 52.0 Å². The van der Waals surface area contributed by atoms with Crippen LogP contribution in [0, 0.1) is 12.7 Å². The average Bonchev–Trinajstić information content (AvgIpc) is 3.21. The summed E-state index contributed by atoms with van der Waals surface area (Å²) in [6, 6.07) is 11.3. The lowest BCUT2D eigenvalue weighted by Crippen LogP contribution is -2.51. The van der Waals surface area contributed by atoms with Crippen LogP contribution in [0.25, 0.3) is 0 Å². The van der Waals surface area contributed by atoms with Crippen molar-refractivity contribution in [1.29, 1.82) is 0 Å². The van der Waals surface area contributed by atoms with Gasteiger partial charge in [-0.3, -0.25) is 9.89 Å². The van der Waals surface area contributed by atoms with Crippen LogP contribution >= 0.6 is 11.3 Å². The van der Waals surface area contributed by atoms with Gasteiger partial charge in [-0.25, -0.2) is 4.39 Å². The lowest BCUT2D eigenvalue weighted by atomic mass is 10.2. The first kappa shape index (κ1) is 21.1. The van der Waals surface area contributed by atoms with E-state index in [1.165, 1.54) is 21.9 Å². The van der Waals surface area contributed by atoms with Gasteiger partial charge in [-0.05, 0) is 43.3 Å². The van der Waals surface area contributed by atoms with Gasteiger partial charge in [0.1, 0.15) is 5.82 Å². The number of hydrogen-bond acceptors (Lipinski definition) is 5. The highest BCUT2D eigenvalue weighted by atomic mass is 32.1. The van der Waals surface area contributed by atoms with Crippen molar-refractivity contribution in [2.24, 2.45) is 10.7 Å². The van der Waals surface area contributed by atoms with Crippen molar-refractivity contribution in [2.75, 3.05) is 63.9 Å². The van der Waals surface area contributed by atoms with Crippen LogP contribution in [0.2, 0.25) is 0 Å². The standard InChI is InChI=1S/C22H30FN5OS/c1-17-2-7-21(30-17)20(27-12-14-29-15-13-27)16-25-22(24)28-10-8-26(9-11-28)19-5-3-18(23)4-6-19/h2-7,20H,8-16H2,1H3,(H2,24,25). The minimum absolute atomic E-state index is 0.204. The topological polar surface area (TPSA) is 57.3 Å². The third-order valence-electron chi connectivity index (χ3n) is 5.80. The number of guanidine groups is 1. The van der Waals surface area contributed by atoms with E-state index in [4.69, 9.17) is 15.5 Å². The molecule has 0 spiro atoms. The van der Waals surface area contributed by atoms with Gasteiger partial charge in [-0.2, -0.15) is 0 Å². The van der Waals surface area contributed by atoms with Crippen molar-refractivity contribution in [3.8, 4) is 0 Å². The third kappa shape index (κ3) is 5.11. The lowest BCUT2D eigenvalue weighted by molar-refractivity contribution is 0.0186. The Kier molecular flexibility index (Phi) is 6.86. The summed E-state index contributed by atoms with van der Waals surface area (Å²) in [5.41, 5.74) is 7.43. The number of rotatable bonds is 5. The van der Waals surface area contributed by atoms with Crippen LogP contribution in [0.1, 0.15) is 15.8 Å². The molecule has 6 nitrogen and oxygen atoms in total. The van der Waals surface area contributed by atoms with Crippen LogP contribution in [-0.2, 0) is 4.74 Å². The number of benzene rings is 1. The van der Waals surface area contributed by atoms with Crippen LogP contribution in [-0.4, -0.2) is 74.8 Å². The largest absolute Gasteiger partial charge is 0.379 e. The zero-order valence-corrected chi connectivity index (χ0v) is 18.3. The number of thiophene rings is 1. The molecule has 3 heterocycles. The maximum absolute atomic E-state index is 13.2.